The fraction of sp³-hybridized carbons (Fsp3) is 0.0526. The standard InChI is InChI=1S/C19H14N2O2/c1-12(22)20-15-7-4-6-14(11-15)19-21-18-16-8-3-2-5-13(16)9-10-17(18)23-19/h2-11H,1H3,(H,20,22). The number of amides is 1. The van der Waals surface area contributed by atoms with Gasteiger partial charge in [-0.3, -0.25) is 4.79 Å². The summed E-state index contributed by atoms with van der Waals surface area (Å²) in [4.78, 5) is 15.9. The van der Waals surface area contributed by atoms with E-state index in [1.165, 1.54) is 6.92 Å². The third-order valence-corrected chi connectivity index (χ3v) is 3.71. The molecule has 1 N–H and O–H groups in total. The van der Waals surface area contributed by atoms with Crippen LogP contribution in [0.25, 0.3) is 33.3 Å². The van der Waals surface area contributed by atoms with E-state index in [-0.39, 0.29) is 5.91 Å². The number of fused-ring (bicyclic) bond motifs is 3. The van der Waals surface area contributed by atoms with Gasteiger partial charge in [0.2, 0.25) is 11.8 Å². The molecule has 0 fully saturated rings. The first-order valence-corrected chi connectivity index (χ1v) is 7.37. The van der Waals surface area contributed by atoms with Crippen LogP contribution in [0.5, 0.6) is 0 Å². The van der Waals surface area contributed by atoms with Gasteiger partial charge in [0.1, 0.15) is 5.52 Å². The SMILES string of the molecule is CC(=O)Nc1cccc(-c2nc3c(ccc4ccccc43)o2)c1. The molecule has 0 radical (unpaired) electrons. The highest BCUT2D eigenvalue weighted by atomic mass is 16.3. The average molecular weight is 302 g/mol. The van der Waals surface area contributed by atoms with Crippen molar-refractivity contribution in [3.8, 4) is 11.5 Å². The highest BCUT2D eigenvalue weighted by molar-refractivity contribution is 6.04. The minimum absolute atomic E-state index is 0.106. The summed E-state index contributed by atoms with van der Waals surface area (Å²) in [6, 6.07) is 19.5. The Morgan fingerprint density at radius 1 is 1.04 bits per heavy atom. The third kappa shape index (κ3) is 2.44. The molecule has 4 rings (SSSR count). The van der Waals surface area contributed by atoms with E-state index in [1.807, 2.05) is 54.6 Å². The molecular weight excluding hydrogens is 288 g/mol. The third-order valence-electron chi connectivity index (χ3n) is 3.71. The van der Waals surface area contributed by atoms with Crippen LogP contribution < -0.4 is 5.32 Å². The van der Waals surface area contributed by atoms with Crippen molar-refractivity contribution >= 4 is 33.5 Å². The van der Waals surface area contributed by atoms with Gasteiger partial charge in [0.15, 0.2) is 5.58 Å². The molecule has 4 nitrogen and oxygen atoms in total. The molecule has 0 aliphatic carbocycles. The molecule has 4 aromatic rings. The van der Waals surface area contributed by atoms with Crippen LogP contribution in [-0.4, -0.2) is 10.9 Å². The summed E-state index contributed by atoms with van der Waals surface area (Å²) in [5, 5.41) is 4.97. The number of carbonyl (C=O) groups excluding carboxylic acids is 1. The van der Waals surface area contributed by atoms with Gasteiger partial charge in [-0.15, -0.1) is 0 Å². The molecule has 0 aliphatic heterocycles. The number of carbonyl (C=O) groups is 1. The summed E-state index contributed by atoms with van der Waals surface area (Å²) in [7, 11) is 0. The molecule has 112 valence electrons. The molecule has 1 amide bonds. The lowest BCUT2D eigenvalue weighted by Crippen LogP contribution is -2.05. The zero-order valence-electron chi connectivity index (χ0n) is 12.5. The van der Waals surface area contributed by atoms with Gasteiger partial charge < -0.3 is 9.73 Å². The minimum Gasteiger partial charge on any atom is -0.436 e. The quantitative estimate of drug-likeness (QED) is 0.588. The van der Waals surface area contributed by atoms with Crippen LogP contribution in [0.2, 0.25) is 0 Å². The van der Waals surface area contributed by atoms with E-state index in [0.29, 0.717) is 5.89 Å². The van der Waals surface area contributed by atoms with Gasteiger partial charge in [-0.05, 0) is 29.7 Å². The van der Waals surface area contributed by atoms with Gasteiger partial charge in [-0.1, -0.05) is 36.4 Å². The summed E-state index contributed by atoms with van der Waals surface area (Å²) >= 11 is 0. The summed E-state index contributed by atoms with van der Waals surface area (Å²) in [5.41, 5.74) is 3.16. The molecule has 3 aromatic carbocycles. The highest BCUT2D eigenvalue weighted by Crippen LogP contribution is 2.30. The largest absolute Gasteiger partial charge is 0.436 e. The van der Waals surface area contributed by atoms with Crippen LogP contribution in [0.3, 0.4) is 0 Å². The first kappa shape index (κ1) is 13.5. The molecule has 0 atom stereocenters. The zero-order valence-corrected chi connectivity index (χ0v) is 12.5. The van der Waals surface area contributed by atoms with Gasteiger partial charge in [-0.2, -0.15) is 0 Å². The maximum atomic E-state index is 11.2. The van der Waals surface area contributed by atoms with E-state index in [0.717, 1.165) is 33.1 Å². The first-order valence-electron chi connectivity index (χ1n) is 7.37. The second kappa shape index (κ2) is 5.25. The predicted molar refractivity (Wildman–Crippen MR) is 91.3 cm³/mol. The Balaban J connectivity index is 1.86. The van der Waals surface area contributed by atoms with Crippen molar-refractivity contribution in [3.05, 3.63) is 60.7 Å². The fourth-order valence-corrected chi connectivity index (χ4v) is 2.72. The number of nitrogens with zero attached hydrogens (tertiary/aromatic N) is 1. The Kier molecular flexibility index (Phi) is 3.08. The maximum Gasteiger partial charge on any atom is 0.227 e. The van der Waals surface area contributed by atoms with E-state index < -0.39 is 0 Å². The van der Waals surface area contributed by atoms with Crippen LogP contribution in [-0.2, 0) is 4.79 Å². The van der Waals surface area contributed by atoms with Crippen LogP contribution >= 0.6 is 0 Å². The number of benzene rings is 3. The fourth-order valence-electron chi connectivity index (χ4n) is 2.72. The Hall–Kier alpha value is -3.14. The highest BCUT2D eigenvalue weighted by Gasteiger charge is 2.11. The Labute approximate surface area is 132 Å². The molecular formula is C19H14N2O2. The number of oxazole rings is 1. The molecule has 0 saturated heterocycles. The molecule has 4 heteroatoms. The van der Waals surface area contributed by atoms with Gasteiger partial charge in [0.25, 0.3) is 0 Å². The molecule has 0 bridgehead atoms. The van der Waals surface area contributed by atoms with E-state index in [4.69, 9.17) is 4.42 Å². The smallest absolute Gasteiger partial charge is 0.227 e. The lowest BCUT2D eigenvalue weighted by Gasteiger charge is -2.02. The maximum absolute atomic E-state index is 11.2. The normalized spacial score (nSPS) is 11.0. The van der Waals surface area contributed by atoms with E-state index in [2.05, 4.69) is 16.4 Å². The van der Waals surface area contributed by atoms with Crippen LogP contribution in [0, 0.1) is 0 Å². The Bertz CT molecular complexity index is 1030. The summed E-state index contributed by atoms with van der Waals surface area (Å²) in [6.07, 6.45) is 0. The number of nitrogens with one attached hydrogen (secondary N) is 1. The van der Waals surface area contributed by atoms with Crippen LogP contribution in [0.4, 0.5) is 5.69 Å². The van der Waals surface area contributed by atoms with E-state index in [9.17, 15) is 4.79 Å². The van der Waals surface area contributed by atoms with Gasteiger partial charge in [-0.25, -0.2) is 4.98 Å². The molecule has 1 heterocycles. The Morgan fingerprint density at radius 2 is 1.91 bits per heavy atom. The van der Waals surface area contributed by atoms with E-state index >= 15 is 0 Å². The number of aromatic nitrogens is 1. The van der Waals surface area contributed by atoms with E-state index in [1.54, 1.807) is 0 Å². The van der Waals surface area contributed by atoms with Crippen molar-refractivity contribution in [1.82, 2.24) is 4.98 Å². The molecule has 0 aliphatic rings. The average Bonchev–Trinajstić information content (AvgIpc) is 2.99. The zero-order chi connectivity index (χ0) is 15.8. The molecule has 0 spiro atoms. The predicted octanol–water partition coefficient (Wildman–Crippen LogP) is 4.61. The summed E-state index contributed by atoms with van der Waals surface area (Å²) in [5.74, 6) is 0.439. The van der Waals surface area contributed by atoms with Crippen molar-refractivity contribution in [1.29, 1.82) is 0 Å². The van der Waals surface area contributed by atoms with Crippen LogP contribution in [0.15, 0.2) is 65.1 Å². The molecule has 23 heavy (non-hydrogen) atoms. The molecule has 0 saturated carbocycles. The number of anilines is 1. The minimum atomic E-state index is -0.106. The van der Waals surface area contributed by atoms with Gasteiger partial charge in [0, 0.05) is 23.6 Å². The second-order valence-electron chi connectivity index (χ2n) is 5.41. The van der Waals surface area contributed by atoms with Crippen molar-refractivity contribution in [2.24, 2.45) is 0 Å². The number of hydrogen-bond donors (Lipinski definition) is 1. The Morgan fingerprint density at radius 3 is 2.78 bits per heavy atom. The number of rotatable bonds is 2. The van der Waals surface area contributed by atoms with Gasteiger partial charge in [0.05, 0.1) is 0 Å². The topological polar surface area (TPSA) is 55.1 Å². The lowest BCUT2D eigenvalue weighted by atomic mass is 10.1. The van der Waals surface area contributed by atoms with Gasteiger partial charge >= 0.3 is 0 Å². The monoisotopic (exact) mass is 302 g/mol. The molecule has 1 aromatic heterocycles. The van der Waals surface area contributed by atoms with Crippen molar-refractivity contribution in [2.45, 2.75) is 6.92 Å². The van der Waals surface area contributed by atoms with Crippen molar-refractivity contribution < 1.29 is 9.21 Å². The molecule has 0 unspecified atom stereocenters. The van der Waals surface area contributed by atoms with Crippen molar-refractivity contribution in [2.75, 3.05) is 5.32 Å². The van der Waals surface area contributed by atoms with Crippen molar-refractivity contribution in [3.63, 3.8) is 0 Å². The van der Waals surface area contributed by atoms with Crippen LogP contribution in [0.1, 0.15) is 6.92 Å². The lowest BCUT2D eigenvalue weighted by molar-refractivity contribution is -0.114. The number of hydrogen-bond acceptors (Lipinski definition) is 3. The first-order chi connectivity index (χ1) is 11.2. The summed E-state index contributed by atoms with van der Waals surface area (Å²) in [6.45, 7) is 1.48. The second-order valence-corrected chi connectivity index (χ2v) is 5.41. The summed E-state index contributed by atoms with van der Waals surface area (Å²) < 4.78 is 5.90.